The molecule has 0 aliphatic carbocycles. The van der Waals surface area contributed by atoms with Crippen LogP contribution in [0.25, 0.3) is 0 Å². The number of esters is 1. The van der Waals surface area contributed by atoms with Gasteiger partial charge in [-0.05, 0) is 38.8 Å². The fourth-order valence-corrected chi connectivity index (χ4v) is 5.14. The van der Waals surface area contributed by atoms with Gasteiger partial charge in [-0.2, -0.15) is 4.31 Å². The van der Waals surface area contributed by atoms with Gasteiger partial charge in [0.1, 0.15) is 0 Å². The van der Waals surface area contributed by atoms with Crippen LogP contribution in [0.5, 0.6) is 0 Å². The van der Waals surface area contributed by atoms with Crippen molar-refractivity contribution in [1.29, 1.82) is 0 Å². The molecule has 2 unspecified atom stereocenters. The summed E-state index contributed by atoms with van der Waals surface area (Å²) in [6.07, 6.45) is 0.887. The van der Waals surface area contributed by atoms with E-state index in [1.807, 2.05) is 18.7 Å². The van der Waals surface area contributed by atoms with E-state index in [1.165, 1.54) is 23.5 Å². The summed E-state index contributed by atoms with van der Waals surface area (Å²) in [5.74, 6) is -1.04. The van der Waals surface area contributed by atoms with Crippen LogP contribution >= 0.6 is 0 Å². The second-order valence-corrected chi connectivity index (χ2v) is 9.16. The molecule has 2 aliphatic rings. The molecule has 2 saturated heterocycles. The lowest BCUT2D eigenvalue weighted by atomic mass is 9.96. The molecule has 0 N–H and O–H groups in total. The summed E-state index contributed by atoms with van der Waals surface area (Å²) in [5, 5.41) is -0.298. The number of amides is 1. The highest BCUT2D eigenvalue weighted by atomic mass is 32.2. The van der Waals surface area contributed by atoms with Crippen LogP contribution in [0.15, 0.2) is 21.6 Å². The van der Waals surface area contributed by atoms with Gasteiger partial charge in [0.2, 0.25) is 16.8 Å². The Balaban J connectivity index is 1.62. The molecule has 3 heterocycles. The molecule has 2 atom stereocenters. The van der Waals surface area contributed by atoms with E-state index in [0.717, 1.165) is 0 Å². The van der Waals surface area contributed by atoms with E-state index >= 15 is 0 Å². The maximum absolute atomic E-state index is 12.8. The molecule has 9 nitrogen and oxygen atoms in total. The summed E-state index contributed by atoms with van der Waals surface area (Å²) < 4.78 is 42.1. The monoisotopic (exact) mass is 414 g/mol. The number of ether oxygens (including phenoxy) is 2. The van der Waals surface area contributed by atoms with Gasteiger partial charge < -0.3 is 18.8 Å². The number of hydrogen-bond acceptors (Lipinski definition) is 7. The van der Waals surface area contributed by atoms with Gasteiger partial charge in [-0.3, -0.25) is 4.79 Å². The molecule has 10 heteroatoms. The fourth-order valence-electron chi connectivity index (χ4n) is 3.76. The van der Waals surface area contributed by atoms with Crippen molar-refractivity contribution in [3.8, 4) is 0 Å². The Bertz CT molecular complexity index is 817. The van der Waals surface area contributed by atoms with E-state index in [0.29, 0.717) is 25.9 Å². The summed E-state index contributed by atoms with van der Waals surface area (Å²) in [6.45, 7) is 5.45. The Kier molecular flexibility index (Phi) is 6.11. The number of morpholine rings is 1. The third-order valence-electron chi connectivity index (χ3n) is 5.10. The Morgan fingerprint density at radius 3 is 2.29 bits per heavy atom. The number of carbonyl (C=O) groups excluding carboxylic acids is 2. The van der Waals surface area contributed by atoms with Crippen LogP contribution in [-0.2, 0) is 24.3 Å². The normalized spacial score (nSPS) is 24.9. The molecule has 2 fully saturated rings. The van der Waals surface area contributed by atoms with Gasteiger partial charge in [0.15, 0.2) is 0 Å². The summed E-state index contributed by atoms with van der Waals surface area (Å²) in [7, 11) is -2.67. The predicted octanol–water partition coefficient (Wildman–Crippen LogP) is 1.10. The van der Waals surface area contributed by atoms with E-state index in [-0.39, 0.29) is 48.0 Å². The zero-order valence-electron chi connectivity index (χ0n) is 16.3. The van der Waals surface area contributed by atoms with Gasteiger partial charge in [-0.1, -0.05) is 0 Å². The van der Waals surface area contributed by atoms with E-state index < -0.39 is 16.0 Å². The lowest BCUT2D eigenvalue weighted by Crippen LogP contribution is -2.51. The number of sulfonamides is 1. The number of nitrogens with zero attached hydrogens (tertiary/aromatic N) is 2. The second kappa shape index (κ2) is 8.22. The minimum Gasteiger partial charge on any atom is -0.463 e. The van der Waals surface area contributed by atoms with Crippen molar-refractivity contribution >= 4 is 21.9 Å². The summed E-state index contributed by atoms with van der Waals surface area (Å²) in [5.41, 5.74) is 0. The highest BCUT2D eigenvalue weighted by Gasteiger charge is 2.37. The summed E-state index contributed by atoms with van der Waals surface area (Å²) in [4.78, 5) is 26.1. The van der Waals surface area contributed by atoms with Crippen molar-refractivity contribution in [1.82, 2.24) is 9.21 Å². The molecule has 3 rings (SSSR count). The third-order valence-corrected chi connectivity index (χ3v) is 6.87. The van der Waals surface area contributed by atoms with E-state index in [2.05, 4.69) is 4.74 Å². The van der Waals surface area contributed by atoms with Crippen molar-refractivity contribution in [2.75, 3.05) is 33.3 Å². The van der Waals surface area contributed by atoms with Gasteiger partial charge in [-0.25, -0.2) is 13.2 Å². The summed E-state index contributed by atoms with van der Waals surface area (Å²) in [6, 6.07) is 2.52. The van der Waals surface area contributed by atoms with E-state index in [9.17, 15) is 18.0 Å². The average molecular weight is 414 g/mol. The van der Waals surface area contributed by atoms with Gasteiger partial charge in [-0.15, -0.1) is 0 Å². The minimum atomic E-state index is -3.86. The van der Waals surface area contributed by atoms with Crippen LogP contribution in [0.3, 0.4) is 0 Å². The quantitative estimate of drug-likeness (QED) is 0.679. The van der Waals surface area contributed by atoms with Gasteiger partial charge in [0.05, 0.1) is 19.3 Å². The smallest absolute Gasteiger partial charge is 0.374 e. The van der Waals surface area contributed by atoms with Crippen LogP contribution in [0.2, 0.25) is 0 Å². The molecular weight excluding hydrogens is 388 g/mol. The second-order valence-electron chi connectivity index (χ2n) is 7.29. The van der Waals surface area contributed by atoms with E-state index in [4.69, 9.17) is 9.15 Å². The molecule has 2 aliphatic heterocycles. The fraction of sp³-hybridized carbons (Fsp3) is 0.667. The first-order chi connectivity index (χ1) is 13.2. The van der Waals surface area contributed by atoms with Gasteiger partial charge in [0.25, 0.3) is 10.0 Å². The number of hydrogen-bond donors (Lipinski definition) is 0. The van der Waals surface area contributed by atoms with Crippen molar-refractivity contribution in [3.63, 3.8) is 0 Å². The standard InChI is InChI=1S/C18H26N2O7S/c1-12-10-19(11-13(2)26-12)17(21)14-6-8-20(9-7-14)28(23,24)16-5-4-15(27-16)18(22)25-3/h4-5,12-14H,6-11H2,1-3H3. The number of methoxy groups -OCH3 is 1. The Labute approximate surface area is 164 Å². The predicted molar refractivity (Wildman–Crippen MR) is 98.1 cm³/mol. The van der Waals surface area contributed by atoms with Crippen LogP contribution in [-0.4, -0.2) is 75.0 Å². The molecule has 28 heavy (non-hydrogen) atoms. The van der Waals surface area contributed by atoms with Gasteiger partial charge >= 0.3 is 5.97 Å². The molecular formula is C18H26N2O7S. The minimum absolute atomic E-state index is 0.00359. The third kappa shape index (κ3) is 4.23. The Morgan fingerprint density at radius 2 is 1.71 bits per heavy atom. The Morgan fingerprint density at radius 1 is 1.11 bits per heavy atom. The number of piperidine rings is 1. The van der Waals surface area contributed by atoms with Crippen molar-refractivity contribution < 1.29 is 31.9 Å². The van der Waals surface area contributed by atoms with Crippen LogP contribution in [0.1, 0.15) is 37.2 Å². The lowest BCUT2D eigenvalue weighted by Gasteiger charge is -2.38. The molecule has 156 valence electrons. The highest BCUT2D eigenvalue weighted by molar-refractivity contribution is 7.89. The number of rotatable bonds is 4. The molecule has 0 saturated carbocycles. The number of carbonyl (C=O) groups is 2. The summed E-state index contributed by atoms with van der Waals surface area (Å²) >= 11 is 0. The molecule has 0 aromatic carbocycles. The van der Waals surface area contributed by atoms with Crippen molar-refractivity contribution in [2.45, 2.75) is 44.0 Å². The first-order valence-electron chi connectivity index (χ1n) is 9.35. The largest absolute Gasteiger partial charge is 0.463 e. The molecule has 1 amide bonds. The molecule has 0 spiro atoms. The molecule has 0 radical (unpaired) electrons. The van der Waals surface area contributed by atoms with Crippen LogP contribution in [0.4, 0.5) is 0 Å². The van der Waals surface area contributed by atoms with Crippen molar-refractivity contribution in [2.24, 2.45) is 5.92 Å². The van der Waals surface area contributed by atoms with Crippen molar-refractivity contribution in [3.05, 3.63) is 17.9 Å². The average Bonchev–Trinajstić information content (AvgIpc) is 3.17. The lowest BCUT2D eigenvalue weighted by molar-refractivity contribution is -0.148. The first-order valence-corrected chi connectivity index (χ1v) is 10.8. The zero-order valence-corrected chi connectivity index (χ0v) is 17.1. The molecule has 0 bridgehead atoms. The van der Waals surface area contributed by atoms with Crippen LogP contribution in [0, 0.1) is 5.92 Å². The maximum atomic E-state index is 12.8. The van der Waals surface area contributed by atoms with Crippen LogP contribution < -0.4 is 0 Å². The maximum Gasteiger partial charge on any atom is 0.374 e. The zero-order chi connectivity index (χ0) is 20.5. The van der Waals surface area contributed by atoms with E-state index in [1.54, 1.807) is 0 Å². The SMILES string of the molecule is COC(=O)c1ccc(S(=O)(=O)N2CCC(C(=O)N3CC(C)OC(C)C3)CC2)o1. The molecule has 1 aromatic heterocycles. The first kappa shape index (κ1) is 20.8. The topological polar surface area (TPSA) is 106 Å². The Hall–Kier alpha value is -1.91. The number of furan rings is 1. The van der Waals surface area contributed by atoms with Gasteiger partial charge in [0, 0.05) is 32.1 Å². The molecule has 1 aromatic rings. The highest BCUT2D eigenvalue weighted by Crippen LogP contribution is 2.27.